The highest BCUT2D eigenvalue weighted by Gasteiger charge is 2.05. The summed E-state index contributed by atoms with van der Waals surface area (Å²) in [5.41, 5.74) is 0.636. The minimum atomic E-state index is -0.197. The summed E-state index contributed by atoms with van der Waals surface area (Å²) in [6, 6.07) is 6.87. The molecule has 6 nitrogen and oxygen atoms in total. The Kier molecular flexibility index (Phi) is 7.67. The van der Waals surface area contributed by atoms with Crippen LogP contribution in [0.1, 0.15) is 37.0 Å². The van der Waals surface area contributed by atoms with Crippen LogP contribution in [0.25, 0.3) is 0 Å². The molecular weight excluding hydrogens is 284 g/mol. The van der Waals surface area contributed by atoms with Gasteiger partial charge in [-0.1, -0.05) is 0 Å². The van der Waals surface area contributed by atoms with Crippen molar-refractivity contribution >= 4 is 17.6 Å². The molecule has 0 aliphatic heterocycles. The average Bonchev–Trinajstić information content (AvgIpc) is 2.50. The molecule has 22 heavy (non-hydrogen) atoms. The third-order valence-corrected chi connectivity index (χ3v) is 2.90. The fraction of sp³-hybridized carbons (Fsp3) is 0.438. The van der Waals surface area contributed by atoms with Crippen LogP contribution in [0.2, 0.25) is 0 Å². The van der Waals surface area contributed by atoms with Crippen LogP contribution in [-0.2, 0) is 9.59 Å². The van der Waals surface area contributed by atoms with Gasteiger partial charge in [0.2, 0.25) is 11.8 Å². The van der Waals surface area contributed by atoms with Crippen LogP contribution < -0.4 is 15.4 Å². The maximum absolute atomic E-state index is 11.5. The Morgan fingerprint density at radius 2 is 1.73 bits per heavy atom. The van der Waals surface area contributed by atoms with Gasteiger partial charge in [-0.15, -0.1) is 0 Å². The summed E-state index contributed by atoms with van der Waals surface area (Å²) < 4.78 is 5.48. The topological polar surface area (TPSA) is 84.5 Å². The van der Waals surface area contributed by atoms with Crippen molar-refractivity contribution in [3.05, 3.63) is 29.8 Å². The van der Waals surface area contributed by atoms with Gasteiger partial charge in [0.05, 0.1) is 13.2 Å². The quantitative estimate of drug-likeness (QED) is 0.532. The van der Waals surface area contributed by atoms with Crippen LogP contribution in [0.4, 0.5) is 0 Å². The smallest absolute Gasteiger partial charge is 0.239 e. The van der Waals surface area contributed by atoms with Gasteiger partial charge in [0.1, 0.15) is 5.75 Å². The van der Waals surface area contributed by atoms with E-state index in [2.05, 4.69) is 10.6 Å². The second-order valence-corrected chi connectivity index (χ2v) is 4.76. The fourth-order valence-electron chi connectivity index (χ4n) is 1.74. The van der Waals surface area contributed by atoms with E-state index >= 15 is 0 Å². The molecule has 0 radical (unpaired) electrons. The van der Waals surface area contributed by atoms with Crippen molar-refractivity contribution in [3.8, 4) is 5.75 Å². The molecule has 0 aliphatic rings. The zero-order valence-electron chi connectivity index (χ0n) is 13.0. The Morgan fingerprint density at radius 1 is 1.05 bits per heavy atom. The Bertz CT molecular complexity index is 511. The largest absolute Gasteiger partial charge is 0.494 e. The van der Waals surface area contributed by atoms with E-state index in [9.17, 15) is 14.4 Å². The summed E-state index contributed by atoms with van der Waals surface area (Å²) in [6.07, 6.45) is 0.848. The van der Waals surface area contributed by atoms with E-state index in [0.29, 0.717) is 37.3 Å². The van der Waals surface area contributed by atoms with Crippen molar-refractivity contribution in [3.63, 3.8) is 0 Å². The molecule has 0 fully saturated rings. The van der Waals surface area contributed by atoms with Crippen molar-refractivity contribution in [2.45, 2.75) is 26.7 Å². The molecule has 120 valence electrons. The maximum atomic E-state index is 11.5. The predicted molar refractivity (Wildman–Crippen MR) is 82.9 cm³/mol. The van der Waals surface area contributed by atoms with Gasteiger partial charge in [0.25, 0.3) is 0 Å². The number of nitrogens with one attached hydrogen (secondary N) is 2. The zero-order chi connectivity index (χ0) is 16.4. The number of ketones is 1. The molecule has 0 unspecified atom stereocenters. The fourth-order valence-corrected chi connectivity index (χ4v) is 1.74. The first-order valence-electron chi connectivity index (χ1n) is 7.30. The molecule has 2 amide bonds. The number of rotatable bonds is 9. The Morgan fingerprint density at radius 3 is 2.32 bits per heavy atom. The lowest BCUT2D eigenvalue weighted by molar-refractivity contribution is -0.126. The van der Waals surface area contributed by atoms with Crippen LogP contribution in [0, 0.1) is 0 Å². The molecule has 1 aromatic carbocycles. The molecule has 1 rings (SSSR count). The first-order chi connectivity index (χ1) is 10.5. The summed E-state index contributed by atoms with van der Waals surface area (Å²) >= 11 is 0. The molecule has 0 saturated heterocycles. The summed E-state index contributed by atoms with van der Waals surface area (Å²) in [7, 11) is 0. The van der Waals surface area contributed by atoms with Crippen LogP contribution in [-0.4, -0.2) is 37.3 Å². The molecule has 2 N–H and O–H groups in total. The van der Waals surface area contributed by atoms with E-state index in [-0.39, 0.29) is 24.1 Å². The standard InChI is InChI=1S/C16H22N2O4/c1-3-17-16(21)11-18-15(20)5-4-10-22-14-8-6-13(7-9-14)12(2)19/h6-9H,3-5,10-11H2,1-2H3,(H,17,21)(H,18,20). The van der Waals surface area contributed by atoms with Gasteiger partial charge < -0.3 is 15.4 Å². The van der Waals surface area contributed by atoms with E-state index in [0.717, 1.165) is 0 Å². The van der Waals surface area contributed by atoms with Gasteiger partial charge in [0, 0.05) is 18.5 Å². The molecule has 1 aromatic rings. The third-order valence-electron chi connectivity index (χ3n) is 2.90. The lowest BCUT2D eigenvalue weighted by atomic mass is 10.1. The number of Topliss-reactive ketones (excluding diaryl/α,β-unsaturated/α-hetero) is 1. The molecule has 0 aliphatic carbocycles. The number of hydrogen-bond acceptors (Lipinski definition) is 4. The lowest BCUT2D eigenvalue weighted by Gasteiger charge is -2.07. The van der Waals surface area contributed by atoms with E-state index in [1.54, 1.807) is 24.3 Å². The number of benzene rings is 1. The number of likely N-dealkylation sites (N-methyl/N-ethyl adjacent to an activating group) is 1. The van der Waals surface area contributed by atoms with Crippen molar-refractivity contribution in [2.75, 3.05) is 19.7 Å². The van der Waals surface area contributed by atoms with Gasteiger partial charge in [-0.25, -0.2) is 0 Å². The second kappa shape index (κ2) is 9.55. The minimum absolute atomic E-state index is 0.0000386. The maximum Gasteiger partial charge on any atom is 0.239 e. The molecule has 0 spiro atoms. The van der Waals surface area contributed by atoms with Crippen LogP contribution in [0.3, 0.4) is 0 Å². The average molecular weight is 306 g/mol. The molecule has 0 saturated carbocycles. The molecule has 0 atom stereocenters. The SMILES string of the molecule is CCNC(=O)CNC(=O)CCCOc1ccc(C(C)=O)cc1. The molecule has 0 bridgehead atoms. The molecule has 0 heterocycles. The van der Waals surface area contributed by atoms with Crippen LogP contribution in [0.5, 0.6) is 5.75 Å². The van der Waals surface area contributed by atoms with Gasteiger partial charge in [-0.3, -0.25) is 14.4 Å². The second-order valence-electron chi connectivity index (χ2n) is 4.76. The monoisotopic (exact) mass is 306 g/mol. The Balaban J connectivity index is 2.18. The van der Waals surface area contributed by atoms with Gasteiger partial charge in [0.15, 0.2) is 5.78 Å². The highest BCUT2D eigenvalue weighted by Crippen LogP contribution is 2.12. The third kappa shape index (κ3) is 6.88. The number of carbonyl (C=O) groups is 3. The first kappa shape index (κ1) is 17.7. The normalized spacial score (nSPS) is 9.91. The van der Waals surface area contributed by atoms with E-state index < -0.39 is 0 Å². The van der Waals surface area contributed by atoms with E-state index in [4.69, 9.17) is 4.74 Å². The summed E-state index contributed by atoms with van der Waals surface area (Å²) in [4.78, 5) is 33.8. The number of hydrogen-bond donors (Lipinski definition) is 2. The predicted octanol–water partition coefficient (Wildman–Crippen LogP) is 1.30. The molecular formula is C16H22N2O4. The summed E-state index contributed by atoms with van der Waals surface area (Å²) in [6.45, 7) is 4.27. The number of ether oxygens (including phenoxy) is 1. The van der Waals surface area contributed by atoms with Gasteiger partial charge in [-0.2, -0.15) is 0 Å². The van der Waals surface area contributed by atoms with Gasteiger partial charge >= 0.3 is 0 Å². The number of carbonyl (C=O) groups excluding carboxylic acids is 3. The highest BCUT2D eigenvalue weighted by molar-refractivity contribution is 5.94. The van der Waals surface area contributed by atoms with Crippen molar-refractivity contribution < 1.29 is 19.1 Å². The van der Waals surface area contributed by atoms with E-state index in [1.165, 1.54) is 6.92 Å². The zero-order valence-corrected chi connectivity index (χ0v) is 13.0. The van der Waals surface area contributed by atoms with Crippen molar-refractivity contribution in [2.24, 2.45) is 0 Å². The van der Waals surface area contributed by atoms with Crippen molar-refractivity contribution in [1.82, 2.24) is 10.6 Å². The Labute approximate surface area is 130 Å². The number of amides is 2. The summed E-state index contributed by atoms with van der Waals surface area (Å²) in [5, 5.41) is 5.14. The minimum Gasteiger partial charge on any atom is -0.494 e. The van der Waals surface area contributed by atoms with Crippen LogP contribution >= 0.6 is 0 Å². The lowest BCUT2D eigenvalue weighted by Crippen LogP contribution is -2.36. The van der Waals surface area contributed by atoms with E-state index in [1.807, 2.05) is 6.92 Å². The molecule has 6 heteroatoms. The summed E-state index contributed by atoms with van der Waals surface area (Å²) in [5.74, 6) is 0.294. The van der Waals surface area contributed by atoms with Gasteiger partial charge in [-0.05, 0) is 44.5 Å². The molecule has 0 aromatic heterocycles. The highest BCUT2D eigenvalue weighted by atomic mass is 16.5. The van der Waals surface area contributed by atoms with Crippen molar-refractivity contribution in [1.29, 1.82) is 0 Å². The first-order valence-corrected chi connectivity index (χ1v) is 7.30. The Hall–Kier alpha value is -2.37. The van der Waals surface area contributed by atoms with Crippen LogP contribution in [0.15, 0.2) is 24.3 Å².